The lowest BCUT2D eigenvalue weighted by Crippen LogP contribution is -2.10. The van der Waals surface area contributed by atoms with Gasteiger partial charge < -0.3 is 18.6 Å². The summed E-state index contributed by atoms with van der Waals surface area (Å²) in [5.41, 5.74) is 1.48. The summed E-state index contributed by atoms with van der Waals surface area (Å²) in [4.78, 5) is 13.2. The monoisotopic (exact) mass is 406 g/mol. The molecule has 0 saturated heterocycles. The van der Waals surface area contributed by atoms with Gasteiger partial charge in [-0.15, -0.1) is 0 Å². The number of para-hydroxylation sites is 1. The number of rotatable bonds is 6. The van der Waals surface area contributed by atoms with Crippen molar-refractivity contribution in [2.24, 2.45) is 0 Å². The Morgan fingerprint density at radius 2 is 1.63 bits per heavy atom. The molecule has 3 aromatic carbocycles. The highest BCUT2D eigenvalue weighted by molar-refractivity contribution is 5.82. The lowest BCUT2D eigenvalue weighted by atomic mass is 10.1. The van der Waals surface area contributed by atoms with Crippen LogP contribution in [0.3, 0.4) is 0 Å². The summed E-state index contributed by atoms with van der Waals surface area (Å²) in [7, 11) is 3.08. The molecule has 4 rings (SSSR count). The summed E-state index contributed by atoms with van der Waals surface area (Å²) in [6, 6.07) is 18.1. The minimum absolute atomic E-state index is 0.0743. The number of benzene rings is 3. The lowest BCUT2D eigenvalue weighted by Gasteiger charge is -2.13. The third-order valence-electron chi connectivity index (χ3n) is 4.70. The molecule has 0 N–H and O–H groups in total. The van der Waals surface area contributed by atoms with Crippen LogP contribution in [0.5, 0.6) is 17.2 Å². The van der Waals surface area contributed by atoms with Crippen molar-refractivity contribution in [1.29, 1.82) is 0 Å². The van der Waals surface area contributed by atoms with Crippen LogP contribution in [0.4, 0.5) is 4.39 Å². The van der Waals surface area contributed by atoms with E-state index >= 15 is 0 Å². The molecule has 30 heavy (non-hydrogen) atoms. The predicted octanol–water partition coefficient (Wildman–Crippen LogP) is 5.20. The van der Waals surface area contributed by atoms with E-state index < -0.39 is 0 Å². The van der Waals surface area contributed by atoms with Gasteiger partial charge in [0, 0.05) is 5.56 Å². The van der Waals surface area contributed by atoms with Crippen LogP contribution < -0.4 is 19.6 Å². The van der Waals surface area contributed by atoms with Crippen LogP contribution in [0.25, 0.3) is 22.3 Å². The van der Waals surface area contributed by atoms with Gasteiger partial charge in [0.15, 0.2) is 17.3 Å². The summed E-state index contributed by atoms with van der Waals surface area (Å²) < 4.78 is 35.8. The Morgan fingerprint density at radius 3 is 2.37 bits per heavy atom. The molecule has 1 aromatic heterocycles. The second kappa shape index (κ2) is 8.29. The number of halogens is 1. The van der Waals surface area contributed by atoms with Crippen LogP contribution in [-0.2, 0) is 6.61 Å². The molecule has 0 atom stereocenters. The molecular formula is C24H19FO5. The second-order valence-electron chi connectivity index (χ2n) is 6.57. The third-order valence-corrected chi connectivity index (χ3v) is 4.70. The van der Waals surface area contributed by atoms with E-state index in [2.05, 4.69) is 0 Å². The van der Waals surface area contributed by atoms with Gasteiger partial charge in [-0.2, -0.15) is 0 Å². The van der Waals surface area contributed by atoms with E-state index in [-0.39, 0.29) is 29.4 Å². The van der Waals surface area contributed by atoms with E-state index in [0.29, 0.717) is 28.0 Å². The SMILES string of the molecule is COc1ccc(-c2oc3ccccc3c(=O)c2OCc2ccc(F)cc2)cc1OC. The summed E-state index contributed by atoms with van der Waals surface area (Å²) in [6.45, 7) is 0.0870. The number of hydrogen-bond donors (Lipinski definition) is 0. The molecule has 0 aliphatic carbocycles. The normalized spacial score (nSPS) is 10.8. The molecule has 0 aliphatic heterocycles. The standard InChI is InChI=1S/C24H19FO5/c1-27-20-12-9-16(13-21(20)28-2)23-24(29-14-15-7-10-17(25)11-8-15)22(26)18-5-3-4-6-19(18)30-23/h3-13H,14H2,1-2H3. The Morgan fingerprint density at radius 1 is 0.900 bits per heavy atom. The first-order chi connectivity index (χ1) is 14.6. The van der Waals surface area contributed by atoms with Gasteiger partial charge in [-0.3, -0.25) is 4.79 Å². The predicted molar refractivity (Wildman–Crippen MR) is 112 cm³/mol. The van der Waals surface area contributed by atoms with Gasteiger partial charge in [-0.1, -0.05) is 24.3 Å². The Balaban J connectivity index is 1.84. The van der Waals surface area contributed by atoms with E-state index in [1.807, 2.05) is 0 Å². The van der Waals surface area contributed by atoms with Crippen molar-refractivity contribution in [1.82, 2.24) is 0 Å². The maximum atomic E-state index is 13.2. The number of ether oxygens (including phenoxy) is 3. The van der Waals surface area contributed by atoms with E-state index in [0.717, 1.165) is 5.56 Å². The highest BCUT2D eigenvalue weighted by atomic mass is 19.1. The summed E-state index contributed by atoms with van der Waals surface area (Å²) in [5.74, 6) is 1.07. The number of fused-ring (bicyclic) bond motifs is 1. The molecule has 0 aliphatic rings. The van der Waals surface area contributed by atoms with Crippen molar-refractivity contribution in [3.8, 4) is 28.6 Å². The molecule has 0 amide bonds. The quantitative estimate of drug-likeness (QED) is 0.441. The molecule has 152 valence electrons. The number of hydrogen-bond acceptors (Lipinski definition) is 5. The van der Waals surface area contributed by atoms with Crippen molar-refractivity contribution >= 4 is 11.0 Å². The molecular weight excluding hydrogens is 387 g/mol. The van der Waals surface area contributed by atoms with Gasteiger partial charge in [0.1, 0.15) is 18.0 Å². The minimum atomic E-state index is -0.338. The van der Waals surface area contributed by atoms with E-state index in [1.54, 1.807) is 61.7 Å². The molecule has 0 radical (unpaired) electrons. The zero-order chi connectivity index (χ0) is 21.1. The fourth-order valence-corrected chi connectivity index (χ4v) is 3.16. The Hall–Kier alpha value is -3.80. The summed E-state index contributed by atoms with van der Waals surface area (Å²) in [5, 5.41) is 0.413. The first kappa shape index (κ1) is 19.5. The smallest absolute Gasteiger partial charge is 0.235 e. The average molecular weight is 406 g/mol. The molecule has 5 nitrogen and oxygen atoms in total. The topological polar surface area (TPSA) is 57.9 Å². The Kier molecular flexibility index (Phi) is 5.39. The Labute approximate surface area is 172 Å². The average Bonchev–Trinajstić information content (AvgIpc) is 2.79. The van der Waals surface area contributed by atoms with Crippen LogP contribution >= 0.6 is 0 Å². The number of methoxy groups -OCH3 is 2. The van der Waals surface area contributed by atoms with Crippen LogP contribution in [0.15, 0.2) is 75.9 Å². The zero-order valence-corrected chi connectivity index (χ0v) is 16.5. The summed E-state index contributed by atoms with van der Waals surface area (Å²) in [6.07, 6.45) is 0. The van der Waals surface area contributed by atoms with Gasteiger partial charge in [0.2, 0.25) is 11.2 Å². The molecule has 0 unspecified atom stereocenters. The van der Waals surface area contributed by atoms with Crippen LogP contribution in [0, 0.1) is 5.82 Å². The van der Waals surface area contributed by atoms with Gasteiger partial charge in [-0.05, 0) is 48.0 Å². The van der Waals surface area contributed by atoms with Gasteiger partial charge in [-0.25, -0.2) is 4.39 Å². The van der Waals surface area contributed by atoms with E-state index in [1.165, 1.54) is 19.2 Å². The molecule has 1 heterocycles. The van der Waals surface area contributed by atoms with Gasteiger partial charge in [0.25, 0.3) is 0 Å². The van der Waals surface area contributed by atoms with Crippen molar-refractivity contribution in [3.05, 3.63) is 88.3 Å². The maximum Gasteiger partial charge on any atom is 0.235 e. The Bertz CT molecular complexity index is 1240. The van der Waals surface area contributed by atoms with Crippen LogP contribution in [0.2, 0.25) is 0 Å². The molecule has 4 aromatic rings. The largest absolute Gasteiger partial charge is 0.493 e. The molecule has 6 heteroatoms. The molecule has 0 fully saturated rings. The fourth-order valence-electron chi connectivity index (χ4n) is 3.16. The van der Waals surface area contributed by atoms with E-state index in [4.69, 9.17) is 18.6 Å². The molecule has 0 spiro atoms. The van der Waals surface area contributed by atoms with Gasteiger partial charge in [0.05, 0.1) is 19.6 Å². The summed E-state index contributed by atoms with van der Waals surface area (Å²) >= 11 is 0. The highest BCUT2D eigenvalue weighted by Gasteiger charge is 2.19. The maximum absolute atomic E-state index is 13.2. The first-order valence-corrected chi connectivity index (χ1v) is 9.26. The third kappa shape index (κ3) is 3.72. The van der Waals surface area contributed by atoms with Crippen molar-refractivity contribution in [2.75, 3.05) is 14.2 Å². The fraction of sp³-hybridized carbons (Fsp3) is 0.125. The molecule has 0 bridgehead atoms. The van der Waals surface area contributed by atoms with Crippen LogP contribution in [0.1, 0.15) is 5.56 Å². The van der Waals surface area contributed by atoms with E-state index in [9.17, 15) is 9.18 Å². The zero-order valence-electron chi connectivity index (χ0n) is 16.5. The second-order valence-corrected chi connectivity index (χ2v) is 6.57. The van der Waals surface area contributed by atoms with Crippen molar-refractivity contribution in [2.45, 2.75) is 6.61 Å². The first-order valence-electron chi connectivity index (χ1n) is 9.26. The molecule has 0 saturated carbocycles. The van der Waals surface area contributed by atoms with Crippen LogP contribution in [-0.4, -0.2) is 14.2 Å². The minimum Gasteiger partial charge on any atom is -0.493 e. The van der Waals surface area contributed by atoms with Crippen molar-refractivity contribution < 1.29 is 23.0 Å². The lowest BCUT2D eigenvalue weighted by molar-refractivity contribution is 0.297. The van der Waals surface area contributed by atoms with Gasteiger partial charge >= 0.3 is 0 Å². The highest BCUT2D eigenvalue weighted by Crippen LogP contribution is 2.36. The van der Waals surface area contributed by atoms with Crippen molar-refractivity contribution in [3.63, 3.8) is 0 Å².